The average Bonchev–Trinajstić information content (AvgIpc) is 3.19. The van der Waals surface area contributed by atoms with Gasteiger partial charge in [0, 0.05) is 6.04 Å². The van der Waals surface area contributed by atoms with Crippen LogP contribution in [0.15, 0.2) is 77.4 Å². The van der Waals surface area contributed by atoms with Crippen molar-refractivity contribution in [2.75, 3.05) is 6.54 Å². The van der Waals surface area contributed by atoms with Gasteiger partial charge in [-0.2, -0.15) is 0 Å². The standard InChI is InChI=1S/C21H22N2O2/c1-16(22-15-21(24)23-14-20-8-5-13-25-20)17-9-11-19(12-10-17)18-6-3-2-4-7-18/h2-13,16,22H,14-15H2,1H3,(H,23,24). The van der Waals surface area contributed by atoms with E-state index < -0.39 is 0 Å². The molecule has 0 spiro atoms. The van der Waals surface area contributed by atoms with Crippen molar-refractivity contribution < 1.29 is 9.21 Å². The maximum absolute atomic E-state index is 11.9. The molecule has 1 atom stereocenters. The Balaban J connectivity index is 1.49. The summed E-state index contributed by atoms with van der Waals surface area (Å²) >= 11 is 0. The highest BCUT2D eigenvalue weighted by atomic mass is 16.3. The largest absolute Gasteiger partial charge is 0.467 e. The lowest BCUT2D eigenvalue weighted by atomic mass is 10.0. The van der Waals surface area contributed by atoms with Gasteiger partial charge in [0.1, 0.15) is 5.76 Å². The number of benzene rings is 2. The van der Waals surface area contributed by atoms with Crippen LogP contribution in [-0.4, -0.2) is 12.5 Å². The Bertz CT molecular complexity index is 781. The minimum atomic E-state index is -0.0517. The molecule has 0 saturated carbocycles. The van der Waals surface area contributed by atoms with Crippen molar-refractivity contribution in [3.63, 3.8) is 0 Å². The first kappa shape index (κ1) is 17.0. The van der Waals surface area contributed by atoms with Gasteiger partial charge >= 0.3 is 0 Å². The molecular weight excluding hydrogens is 312 g/mol. The summed E-state index contributed by atoms with van der Waals surface area (Å²) in [5, 5.41) is 6.07. The van der Waals surface area contributed by atoms with E-state index in [-0.39, 0.29) is 18.5 Å². The van der Waals surface area contributed by atoms with Crippen LogP contribution in [-0.2, 0) is 11.3 Å². The molecule has 0 aliphatic rings. The van der Waals surface area contributed by atoms with E-state index in [9.17, 15) is 4.79 Å². The van der Waals surface area contributed by atoms with Crippen LogP contribution in [0.2, 0.25) is 0 Å². The highest BCUT2D eigenvalue weighted by Gasteiger charge is 2.08. The minimum absolute atomic E-state index is 0.0517. The molecule has 0 radical (unpaired) electrons. The third-order valence-electron chi connectivity index (χ3n) is 4.13. The maximum Gasteiger partial charge on any atom is 0.234 e. The van der Waals surface area contributed by atoms with E-state index in [1.165, 1.54) is 11.1 Å². The van der Waals surface area contributed by atoms with Gasteiger partial charge in [0.15, 0.2) is 0 Å². The van der Waals surface area contributed by atoms with Crippen LogP contribution >= 0.6 is 0 Å². The van der Waals surface area contributed by atoms with E-state index in [0.29, 0.717) is 6.54 Å². The van der Waals surface area contributed by atoms with Gasteiger partial charge in [0.05, 0.1) is 19.4 Å². The molecule has 0 bridgehead atoms. The molecule has 128 valence electrons. The number of amides is 1. The highest BCUT2D eigenvalue weighted by Crippen LogP contribution is 2.21. The summed E-state index contributed by atoms with van der Waals surface area (Å²) in [5.41, 5.74) is 3.54. The van der Waals surface area contributed by atoms with E-state index in [0.717, 1.165) is 11.3 Å². The van der Waals surface area contributed by atoms with Crippen molar-refractivity contribution in [3.05, 3.63) is 84.3 Å². The zero-order valence-electron chi connectivity index (χ0n) is 14.2. The molecule has 0 aliphatic heterocycles. The van der Waals surface area contributed by atoms with Gasteiger partial charge in [0.25, 0.3) is 0 Å². The molecule has 0 saturated heterocycles. The number of hydrogen-bond acceptors (Lipinski definition) is 3. The average molecular weight is 334 g/mol. The lowest BCUT2D eigenvalue weighted by Gasteiger charge is -2.14. The SMILES string of the molecule is CC(NCC(=O)NCc1ccco1)c1ccc(-c2ccccc2)cc1. The van der Waals surface area contributed by atoms with Crippen molar-refractivity contribution in [1.82, 2.24) is 10.6 Å². The Hall–Kier alpha value is -2.85. The van der Waals surface area contributed by atoms with Crippen LogP contribution in [0.4, 0.5) is 0 Å². The molecule has 2 N–H and O–H groups in total. The fourth-order valence-corrected chi connectivity index (χ4v) is 2.62. The summed E-state index contributed by atoms with van der Waals surface area (Å²) < 4.78 is 5.19. The Morgan fingerprint density at radius 3 is 2.36 bits per heavy atom. The summed E-state index contributed by atoms with van der Waals surface area (Å²) in [7, 11) is 0. The molecular formula is C21H22N2O2. The Morgan fingerprint density at radius 1 is 0.960 bits per heavy atom. The predicted molar refractivity (Wildman–Crippen MR) is 98.9 cm³/mol. The Labute approximate surface area is 147 Å². The fourth-order valence-electron chi connectivity index (χ4n) is 2.62. The lowest BCUT2D eigenvalue weighted by Crippen LogP contribution is -2.34. The van der Waals surface area contributed by atoms with Gasteiger partial charge in [-0.3, -0.25) is 4.79 Å². The first-order valence-corrected chi connectivity index (χ1v) is 8.40. The predicted octanol–water partition coefficient (Wildman–Crippen LogP) is 3.91. The number of carbonyl (C=O) groups excluding carboxylic acids is 1. The highest BCUT2D eigenvalue weighted by molar-refractivity contribution is 5.78. The summed E-state index contributed by atoms with van der Waals surface area (Å²) in [4.78, 5) is 11.9. The summed E-state index contributed by atoms with van der Waals surface area (Å²) in [6.45, 7) is 2.73. The minimum Gasteiger partial charge on any atom is -0.467 e. The molecule has 1 heterocycles. The van der Waals surface area contributed by atoms with Crippen LogP contribution in [0.3, 0.4) is 0 Å². The normalized spacial score (nSPS) is 11.9. The molecule has 1 amide bonds. The van der Waals surface area contributed by atoms with E-state index >= 15 is 0 Å². The number of rotatable bonds is 7. The van der Waals surface area contributed by atoms with Crippen molar-refractivity contribution in [2.45, 2.75) is 19.5 Å². The second-order valence-corrected chi connectivity index (χ2v) is 5.95. The van der Waals surface area contributed by atoms with E-state index in [1.807, 2.05) is 24.3 Å². The molecule has 25 heavy (non-hydrogen) atoms. The summed E-state index contributed by atoms with van der Waals surface area (Å²) in [6, 6.07) is 22.4. The molecule has 3 aromatic rings. The first-order chi connectivity index (χ1) is 12.2. The summed E-state index contributed by atoms with van der Waals surface area (Å²) in [5.74, 6) is 0.696. The van der Waals surface area contributed by atoms with E-state index in [1.54, 1.807) is 12.3 Å². The molecule has 3 rings (SSSR count). The van der Waals surface area contributed by atoms with Crippen molar-refractivity contribution in [3.8, 4) is 11.1 Å². The molecule has 0 fully saturated rings. The second kappa shape index (κ2) is 8.31. The third-order valence-corrected chi connectivity index (χ3v) is 4.13. The van der Waals surface area contributed by atoms with E-state index in [2.05, 4.69) is 54.0 Å². The van der Waals surface area contributed by atoms with Gasteiger partial charge < -0.3 is 15.1 Å². The number of nitrogens with one attached hydrogen (secondary N) is 2. The van der Waals surface area contributed by atoms with Crippen molar-refractivity contribution in [1.29, 1.82) is 0 Å². The van der Waals surface area contributed by atoms with Crippen LogP contribution < -0.4 is 10.6 Å². The van der Waals surface area contributed by atoms with E-state index in [4.69, 9.17) is 4.42 Å². The van der Waals surface area contributed by atoms with Crippen LogP contribution in [0.25, 0.3) is 11.1 Å². The molecule has 4 nitrogen and oxygen atoms in total. The van der Waals surface area contributed by atoms with Gasteiger partial charge in [0.2, 0.25) is 5.91 Å². The number of hydrogen-bond donors (Lipinski definition) is 2. The first-order valence-electron chi connectivity index (χ1n) is 8.40. The van der Waals surface area contributed by atoms with Crippen LogP contribution in [0, 0.1) is 0 Å². The Kier molecular flexibility index (Phi) is 5.65. The van der Waals surface area contributed by atoms with Gasteiger partial charge in [-0.15, -0.1) is 0 Å². The second-order valence-electron chi connectivity index (χ2n) is 5.95. The Morgan fingerprint density at radius 2 is 1.68 bits per heavy atom. The quantitative estimate of drug-likeness (QED) is 0.689. The third kappa shape index (κ3) is 4.81. The zero-order valence-corrected chi connectivity index (χ0v) is 14.2. The monoisotopic (exact) mass is 334 g/mol. The molecule has 2 aromatic carbocycles. The van der Waals surface area contributed by atoms with Gasteiger partial charge in [-0.1, -0.05) is 54.6 Å². The topological polar surface area (TPSA) is 54.3 Å². The van der Waals surface area contributed by atoms with Crippen LogP contribution in [0.1, 0.15) is 24.3 Å². The van der Waals surface area contributed by atoms with Gasteiger partial charge in [-0.25, -0.2) is 0 Å². The molecule has 1 unspecified atom stereocenters. The zero-order chi connectivity index (χ0) is 17.5. The molecule has 0 aliphatic carbocycles. The van der Waals surface area contributed by atoms with Crippen molar-refractivity contribution >= 4 is 5.91 Å². The number of carbonyl (C=O) groups is 1. The maximum atomic E-state index is 11.9. The van der Waals surface area contributed by atoms with Crippen molar-refractivity contribution in [2.24, 2.45) is 0 Å². The summed E-state index contributed by atoms with van der Waals surface area (Å²) in [6.07, 6.45) is 1.60. The fraction of sp³-hybridized carbons (Fsp3) is 0.190. The lowest BCUT2D eigenvalue weighted by molar-refractivity contribution is -0.120. The van der Waals surface area contributed by atoms with Gasteiger partial charge in [-0.05, 0) is 35.7 Å². The smallest absolute Gasteiger partial charge is 0.234 e. The number of furan rings is 1. The van der Waals surface area contributed by atoms with Crippen LogP contribution in [0.5, 0.6) is 0 Å². The molecule has 1 aromatic heterocycles. The molecule has 4 heteroatoms.